The molecule has 0 aliphatic heterocycles. The highest BCUT2D eigenvalue weighted by Crippen LogP contribution is 2.39. The Labute approximate surface area is 121 Å². The zero-order chi connectivity index (χ0) is 14.9. The average Bonchev–Trinajstić information content (AvgIpc) is 2.66. The number of hydrogen-bond donors (Lipinski definition) is 0. The van der Waals surface area contributed by atoms with Crippen molar-refractivity contribution < 1.29 is 22.6 Å². The largest absolute Gasteiger partial charge is 0.496 e. The van der Waals surface area contributed by atoms with Gasteiger partial charge in [0.1, 0.15) is 21.7 Å². The van der Waals surface area contributed by atoms with Crippen molar-refractivity contribution in [2.45, 2.75) is 6.61 Å². The van der Waals surface area contributed by atoms with E-state index in [0.29, 0.717) is 11.3 Å². The van der Waals surface area contributed by atoms with Gasteiger partial charge >= 0.3 is 6.61 Å². The molecule has 2 rings (SSSR count). The smallest absolute Gasteiger partial charge is 0.388 e. The molecule has 0 aliphatic rings. The summed E-state index contributed by atoms with van der Waals surface area (Å²) in [5, 5.41) is 4.08. The van der Waals surface area contributed by atoms with Gasteiger partial charge in [-0.1, -0.05) is 0 Å². The highest BCUT2D eigenvalue weighted by Gasteiger charge is 2.22. The molecule has 1 heterocycles. The van der Waals surface area contributed by atoms with E-state index in [1.165, 1.54) is 32.4 Å². The molecule has 108 valence electrons. The van der Waals surface area contributed by atoms with Crippen molar-refractivity contribution in [2.75, 3.05) is 7.11 Å². The molecule has 0 atom stereocenters. The number of aryl methyl sites for hydroxylation is 1. The SMILES string of the molecule is COc1cc(F)ccc1-c1nn(C)c(OC(F)F)c1Br. The maximum absolute atomic E-state index is 13.2. The number of benzene rings is 1. The Hall–Kier alpha value is -1.70. The average molecular weight is 351 g/mol. The molecule has 2 aromatic rings. The number of alkyl halides is 2. The van der Waals surface area contributed by atoms with Crippen LogP contribution in [0.25, 0.3) is 11.3 Å². The van der Waals surface area contributed by atoms with Crippen molar-refractivity contribution in [1.82, 2.24) is 9.78 Å². The summed E-state index contributed by atoms with van der Waals surface area (Å²) in [6.45, 7) is -2.97. The first-order valence-electron chi connectivity index (χ1n) is 5.45. The number of rotatable bonds is 4. The van der Waals surface area contributed by atoms with Crippen LogP contribution in [0.15, 0.2) is 22.7 Å². The zero-order valence-corrected chi connectivity index (χ0v) is 12.1. The molecule has 1 aromatic carbocycles. The van der Waals surface area contributed by atoms with Gasteiger partial charge in [-0.05, 0) is 28.1 Å². The van der Waals surface area contributed by atoms with E-state index < -0.39 is 12.4 Å². The van der Waals surface area contributed by atoms with Crippen molar-refractivity contribution in [3.63, 3.8) is 0 Å². The molecule has 0 unspecified atom stereocenters. The van der Waals surface area contributed by atoms with Gasteiger partial charge in [0.2, 0.25) is 5.88 Å². The molecular weight excluding hydrogens is 341 g/mol. The Morgan fingerprint density at radius 2 is 2.05 bits per heavy atom. The summed E-state index contributed by atoms with van der Waals surface area (Å²) in [6, 6.07) is 3.87. The molecule has 20 heavy (non-hydrogen) atoms. The maximum atomic E-state index is 13.2. The summed E-state index contributed by atoms with van der Waals surface area (Å²) >= 11 is 3.16. The van der Waals surface area contributed by atoms with Crippen LogP contribution in [-0.4, -0.2) is 23.5 Å². The minimum absolute atomic E-state index is 0.124. The third-order valence-corrected chi connectivity index (χ3v) is 3.27. The highest BCUT2D eigenvalue weighted by molar-refractivity contribution is 9.10. The lowest BCUT2D eigenvalue weighted by molar-refractivity contribution is -0.0558. The predicted octanol–water partition coefficient (Wildman–Crippen LogP) is 3.60. The van der Waals surface area contributed by atoms with Crippen LogP contribution >= 0.6 is 15.9 Å². The van der Waals surface area contributed by atoms with E-state index in [4.69, 9.17) is 4.74 Å². The number of halogens is 4. The van der Waals surface area contributed by atoms with E-state index in [9.17, 15) is 13.2 Å². The third kappa shape index (κ3) is 2.74. The van der Waals surface area contributed by atoms with Crippen LogP contribution < -0.4 is 9.47 Å². The van der Waals surface area contributed by atoms with Crippen LogP contribution in [0.4, 0.5) is 13.2 Å². The van der Waals surface area contributed by atoms with Gasteiger partial charge in [-0.15, -0.1) is 0 Å². The topological polar surface area (TPSA) is 36.3 Å². The Balaban J connectivity index is 2.54. The molecule has 8 heteroatoms. The monoisotopic (exact) mass is 350 g/mol. The molecule has 0 amide bonds. The fourth-order valence-electron chi connectivity index (χ4n) is 1.73. The second-order valence-corrected chi connectivity index (χ2v) is 4.61. The van der Waals surface area contributed by atoms with E-state index in [2.05, 4.69) is 25.8 Å². The number of hydrogen-bond acceptors (Lipinski definition) is 3. The lowest BCUT2D eigenvalue weighted by Gasteiger charge is -2.06. The normalized spacial score (nSPS) is 10.9. The molecule has 4 nitrogen and oxygen atoms in total. The van der Waals surface area contributed by atoms with Crippen LogP contribution in [0.2, 0.25) is 0 Å². The summed E-state index contributed by atoms with van der Waals surface area (Å²) in [5.74, 6) is -0.351. The Morgan fingerprint density at radius 1 is 1.35 bits per heavy atom. The van der Waals surface area contributed by atoms with E-state index >= 15 is 0 Å². The summed E-state index contributed by atoms with van der Waals surface area (Å²) in [7, 11) is 2.84. The minimum Gasteiger partial charge on any atom is -0.496 e. The van der Waals surface area contributed by atoms with Crippen LogP contribution in [0.5, 0.6) is 11.6 Å². The number of methoxy groups -OCH3 is 1. The fourth-order valence-corrected chi connectivity index (χ4v) is 2.37. The van der Waals surface area contributed by atoms with Crippen molar-refractivity contribution in [2.24, 2.45) is 7.05 Å². The molecule has 0 aliphatic carbocycles. The van der Waals surface area contributed by atoms with E-state index in [-0.39, 0.29) is 16.1 Å². The molecule has 0 saturated carbocycles. The summed E-state index contributed by atoms with van der Waals surface area (Å²) in [6.07, 6.45) is 0. The van der Waals surface area contributed by atoms with Crippen LogP contribution in [-0.2, 0) is 7.05 Å². The predicted molar refractivity (Wildman–Crippen MR) is 69.5 cm³/mol. The molecule has 0 spiro atoms. The van der Waals surface area contributed by atoms with E-state index in [0.717, 1.165) is 4.68 Å². The van der Waals surface area contributed by atoms with Gasteiger partial charge in [0, 0.05) is 18.7 Å². The van der Waals surface area contributed by atoms with Crippen molar-refractivity contribution in [1.29, 1.82) is 0 Å². The lowest BCUT2D eigenvalue weighted by Crippen LogP contribution is -2.06. The second-order valence-electron chi connectivity index (χ2n) is 3.81. The van der Waals surface area contributed by atoms with E-state index in [1.54, 1.807) is 0 Å². The molecule has 0 N–H and O–H groups in total. The van der Waals surface area contributed by atoms with Gasteiger partial charge in [0.05, 0.1) is 7.11 Å². The maximum Gasteiger partial charge on any atom is 0.388 e. The molecule has 0 fully saturated rings. The van der Waals surface area contributed by atoms with Crippen LogP contribution in [0.3, 0.4) is 0 Å². The van der Waals surface area contributed by atoms with E-state index in [1.807, 2.05) is 0 Å². The van der Waals surface area contributed by atoms with Crippen molar-refractivity contribution in [3.05, 3.63) is 28.5 Å². The van der Waals surface area contributed by atoms with Crippen molar-refractivity contribution in [3.8, 4) is 22.9 Å². The number of ether oxygens (including phenoxy) is 2. The fraction of sp³-hybridized carbons (Fsp3) is 0.250. The highest BCUT2D eigenvalue weighted by atomic mass is 79.9. The van der Waals surface area contributed by atoms with Crippen LogP contribution in [0, 0.1) is 5.82 Å². The Kier molecular flexibility index (Phi) is 4.22. The van der Waals surface area contributed by atoms with Gasteiger partial charge < -0.3 is 9.47 Å². The molecule has 0 radical (unpaired) electrons. The first-order chi connectivity index (χ1) is 9.43. The molecular formula is C12H10BrF3N2O2. The first kappa shape index (κ1) is 14.7. The van der Waals surface area contributed by atoms with Gasteiger partial charge in [0.15, 0.2) is 0 Å². The summed E-state index contributed by atoms with van der Waals surface area (Å²) < 4.78 is 48.7. The molecule has 1 aromatic heterocycles. The number of nitrogens with zero attached hydrogens (tertiary/aromatic N) is 2. The van der Waals surface area contributed by atoms with Gasteiger partial charge in [0.25, 0.3) is 0 Å². The quantitative estimate of drug-likeness (QED) is 0.845. The summed E-state index contributed by atoms with van der Waals surface area (Å²) in [5.41, 5.74) is 0.778. The summed E-state index contributed by atoms with van der Waals surface area (Å²) in [4.78, 5) is 0. The molecule has 0 bridgehead atoms. The van der Waals surface area contributed by atoms with Gasteiger partial charge in [-0.3, -0.25) is 0 Å². The lowest BCUT2D eigenvalue weighted by atomic mass is 10.1. The Bertz CT molecular complexity index is 631. The Morgan fingerprint density at radius 3 is 2.65 bits per heavy atom. The first-order valence-corrected chi connectivity index (χ1v) is 6.24. The third-order valence-electron chi connectivity index (χ3n) is 2.56. The standard InChI is InChI=1S/C12H10BrF3N2O2/c1-18-11(20-12(15)16)9(13)10(17-18)7-4-3-6(14)5-8(7)19-2/h3-5,12H,1-2H3. The van der Waals surface area contributed by atoms with Gasteiger partial charge in [-0.2, -0.15) is 13.9 Å². The van der Waals surface area contributed by atoms with Crippen LogP contribution in [0.1, 0.15) is 0 Å². The van der Waals surface area contributed by atoms with Gasteiger partial charge in [-0.25, -0.2) is 9.07 Å². The zero-order valence-electron chi connectivity index (χ0n) is 10.5. The minimum atomic E-state index is -2.97. The van der Waals surface area contributed by atoms with Crippen molar-refractivity contribution >= 4 is 15.9 Å². The molecule has 0 saturated heterocycles. The number of aromatic nitrogens is 2. The second kappa shape index (κ2) is 5.74.